The number of benzene rings is 3. The van der Waals surface area contributed by atoms with Gasteiger partial charge in [0.15, 0.2) is 0 Å². The molecule has 1 N–H and O–H groups in total. The predicted octanol–water partition coefficient (Wildman–Crippen LogP) is 5.50. The van der Waals surface area contributed by atoms with Crippen molar-refractivity contribution in [3.63, 3.8) is 0 Å². The molecule has 176 valence electrons. The van der Waals surface area contributed by atoms with E-state index in [0.29, 0.717) is 6.04 Å². The van der Waals surface area contributed by atoms with Crippen LogP contribution in [0.5, 0.6) is 5.75 Å². The first kappa shape index (κ1) is 22.8. The number of anilines is 1. The number of thiol groups is 1. The van der Waals surface area contributed by atoms with Gasteiger partial charge < -0.3 is 19.5 Å². The summed E-state index contributed by atoms with van der Waals surface area (Å²) < 4.78 is 7.57. The molecule has 0 atom stereocenters. The van der Waals surface area contributed by atoms with Gasteiger partial charge in [-0.1, -0.05) is 36.4 Å². The van der Waals surface area contributed by atoms with Gasteiger partial charge in [0.2, 0.25) is 5.95 Å². The fourth-order valence-corrected chi connectivity index (χ4v) is 4.84. The first-order valence-electron chi connectivity index (χ1n) is 12.0. The predicted molar refractivity (Wildman–Crippen MR) is 142 cm³/mol. The van der Waals surface area contributed by atoms with Gasteiger partial charge in [-0.25, -0.2) is 4.98 Å². The smallest absolute Gasteiger partial charge is 0.204 e. The number of nitrogens with zero attached hydrogens (tertiary/aromatic N) is 3. The number of rotatable bonds is 8. The highest BCUT2D eigenvalue weighted by Gasteiger charge is 2.21. The standard InChI is InChI=1S/C28H32N4OS/c1-33-24-10-6-21(7-11-24)14-17-31-18-15-23(16-19-31)29-28-30-26-4-2-3-5-27(26)32(28)20-22-8-12-25(34)13-9-22/h2-13,23,34H,14-20H2,1H3,(H,29,30). The topological polar surface area (TPSA) is 42.3 Å². The molecule has 5 rings (SSSR count). The van der Waals surface area contributed by atoms with Gasteiger partial charge in [0.1, 0.15) is 5.75 Å². The number of piperidine rings is 1. The van der Waals surface area contributed by atoms with Crippen LogP contribution in [-0.4, -0.2) is 47.2 Å². The summed E-state index contributed by atoms with van der Waals surface area (Å²) in [4.78, 5) is 8.50. The molecular formula is C28H32N4OS. The van der Waals surface area contributed by atoms with Crippen molar-refractivity contribution in [2.45, 2.75) is 36.7 Å². The van der Waals surface area contributed by atoms with Gasteiger partial charge >= 0.3 is 0 Å². The SMILES string of the molecule is COc1ccc(CCN2CCC(Nc3nc4ccccc4n3Cc3ccc(S)cc3)CC2)cc1. The van der Waals surface area contributed by atoms with Gasteiger partial charge in [-0.15, -0.1) is 12.6 Å². The molecule has 0 saturated carbocycles. The van der Waals surface area contributed by atoms with E-state index in [9.17, 15) is 0 Å². The summed E-state index contributed by atoms with van der Waals surface area (Å²) in [5, 5.41) is 3.77. The van der Waals surface area contributed by atoms with E-state index < -0.39 is 0 Å². The van der Waals surface area contributed by atoms with E-state index in [4.69, 9.17) is 9.72 Å². The van der Waals surface area contributed by atoms with Crippen molar-refractivity contribution >= 4 is 29.6 Å². The van der Waals surface area contributed by atoms with Crippen LogP contribution in [0.1, 0.15) is 24.0 Å². The maximum Gasteiger partial charge on any atom is 0.204 e. The Bertz CT molecular complexity index is 1210. The van der Waals surface area contributed by atoms with Crippen LogP contribution in [0, 0.1) is 0 Å². The molecule has 3 aromatic carbocycles. The van der Waals surface area contributed by atoms with Crippen molar-refractivity contribution < 1.29 is 4.74 Å². The molecule has 0 bridgehead atoms. The Balaban J connectivity index is 1.21. The molecule has 0 unspecified atom stereocenters. The summed E-state index contributed by atoms with van der Waals surface area (Å²) in [6.07, 6.45) is 3.32. The molecule has 6 heteroatoms. The highest BCUT2D eigenvalue weighted by molar-refractivity contribution is 7.80. The molecule has 0 aliphatic carbocycles. The second-order valence-corrected chi connectivity index (χ2v) is 9.55. The Hall–Kier alpha value is -2.96. The molecule has 1 aliphatic heterocycles. The van der Waals surface area contributed by atoms with E-state index in [1.54, 1.807) is 7.11 Å². The third kappa shape index (κ3) is 5.40. The van der Waals surface area contributed by atoms with E-state index in [-0.39, 0.29) is 0 Å². The number of likely N-dealkylation sites (tertiary alicyclic amines) is 1. The average molecular weight is 473 g/mol. The number of ether oxygens (including phenoxy) is 1. The first-order chi connectivity index (χ1) is 16.7. The number of nitrogens with one attached hydrogen (secondary N) is 1. The molecule has 1 aromatic heterocycles. The number of fused-ring (bicyclic) bond motifs is 1. The van der Waals surface area contributed by atoms with Gasteiger partial charge in [0, 0.05) is 30.6 Å². The van der Waals surface area contributed by atoms with Gasteiger partial charge in [-0.3, -0.25) is 0 Å². The zero-order valence-electron chi connectivity index (χ0n) is 19.7. The lowest BCUT2D eigenvalue weighted by Gasteiger charge is -2.32. The highest BCUT2D eigenvalue weighted by Crippen LogP contribution is 2.24. The summed E-state index contributed by atoms with van der Waals surface area (Å²) in [6.45, 7) is 4.10. The maximum absolute atomic E-state index is 5.26. The quantitative estimate of drug-likeness (QED) is 0.332. The second-order valence-electron chi connectivity index (χ2n) is 9.04. The van der Waals surface area contributed by atoms with Gasteiger partial charge in [-0.05, 0) is 66.8 Å². The largest absolute Gasteiger partial charge is 0.497 e. The maximum atomic E-state index is 5.26. The van der Waals surface area contributed by atoms with Crippen LogP contribution in [0.3, 0.4) is 0 Å². The summed E-state index contributed by atoms with van der Waals surface area (Å²) >= 11 is 4.42. The Kier molecular flexibility index (Phi) is 7.07. The summed E-state index contributed by atoms with van der Waals surface area (Å²) in [6, 6.07) is 25.6. The number of aromatic nitrogens is 2. The van der Waals surface area contributed by atoms with Crippen LogP contribution in [-0.2, 0) is 13.0 Å². The molecular weight excluding hydrogens is 440 g/mol. The van der Waals surface area contributed by atoms with Crippen LogP contribution in [0.2, 0.25) is 0 Å². The fourth-order valence-electron chi connectivity index (χ4n) is 4.69. The summed E-state index contributed by atoms with van der Waals surface area (Å²) in [5.74, 6) is 1.88. The molecule has 0 amide bonds. The third-order valence-electron chi connectivity index (χ3n) is 6.73. The molecule has 1 aliphatic rings. The van der Waals surface area contributed by atoms with Crippen molar-refractivity contribution in [1.82, 2.24) is 14.5 Å². The van der Waals surface area contributed by atoms with Crippen LogP contribution >= 0.6 is 12.6 Å². The number of hydrogen-bond acceptors (Lipinski definition) is 5. The van der Waals surface area contributed by atoms with E-state index in [1.165, 1.54) is 11.1 Å². The van der Waals surface area contributed by atoms with E-state index in [2.05, 4.69) is 75.9 Å². The first-order valence-corrected chi connectivity index (χ1v) is 12.5. The van der Waals surface area contributed by atoms with E-state index >= 15 is 0 Å². The lowest BCUT2D eigenvalue weighted by atomic mass is 10.0. The lowest BCUT2D eigenvalue weighted by molar-refractivity contribution is 0.221. The van der Waals surface area contributed by atoms with E-state index in [0.717, 1.165) is 73.1 Å². The minimum atomic E-state index is 0.438. The summed E-state index contributed by atoms with van der Waals surface area (Å²) in [7, 11) is 1.71. The molecule has 0 spiro atoms. The van der Waals surface area contributed by atoms with Crippen LogP contribution in [0.25, 0.3) is 11.0 Å². The Morgan fingerprint density at radius 1 is 0.941 bits per heavy atom. The van der Waals surface area contributed by atoms with E-state index in [1.807, 2.05) is 24.3 Å². The monoisotopic (exact) mass is 472 g/mol. The van der Waals surface area contributed by atoms with Gasteiger partial charge in [0.25, 0.3) is 0 Å². The van der Waals surface area contributed by atoms with Crippen LogP contribution in [0.4, 0.5) is 5.95 Å². The van der Waals surface area contributed by atoms with Crippen molar-refractivity contribution in [3.05, 3.63) is 83.9 Å². The van der Waals surface area contributed by atoms with Crippen LogP contribution < -0.4 is 10.1 Å². The molecule has 2 heterocycles. The highest BCUT2D eigenvalue weighted by atomic mass is 32.1. The Morgan fingerprint density at radius 3 is 2.38 bits per heavy atom. The normalized spacial score (nSPS) is 15.0. The lowest BCUT2D eigenvalue weighted by Crippen LogP contribution is -2.40. The zero-order chi connectivity index (χ0) is 23.3. The zero-order valence-corrected chi connectivity index (χ0v) is 20.5. The molecule has 34 heavy (non-hydrogen) atoms. The number of para-hydroxylation sites is 2. The minimum Gasteiger partial charge on any atom is -0.497 e. The molecule has 5 nitrogen and oxygen atoms in total. The van der Waals surface area contributed by atoms with Crippen molar-refractivity contribution in [1.29, 1.82) is 0 Å². The average Bonchev–Trinajstić information content (AvgIpc) is 3.22. The molecule has 0 radical (unpaired) electrons. The minimum absolute atomic E-state index is 0.438. The van der Waals surface area contributed by atoms with Crippen molar-refractivity contribution in [2.24, 2.45) is 0 Å². The number of methoxy groups -OCH3 is 1. The molecule has 4 aromatic rings. The van der Waals surface area contributed by atoms with Crippen molar-refractivity contribution in [3.8, 4) is 5.75 Å². The summed E-state index contributed by atoms with van der Waals surface area (Å²) in [5.41, 5.74) is 4.81. The fraction of sp³-hybridized carbons (Fsp3) is 0.321. The van der Waals surface area contributed by atoms with Crippen molar-refractivity contribution in [2.75, 3.05) is 32.1 Å². The van der Waals surface area contributed by atoms with Gasteiger partial charge in [0.05, 0.1) is 24.7 Å². The molecule has 1 fully saturated rings. The van der Waals surface area contributed by atoms with Gasteiger partial charge in [-0.2, -0.15) is 0 Å². The molecule has 1 saturated heterocycles. The Labute approximate surface area is 207 Å². The third-order valence-corrected chi connectivity index (χ3v) is 7.03. The number of imidazole rings is 1. The Morgan fingerprint density at radius 2 is 1.65 bits per heavy atom. The van der Waals surface area contributed by atoms with Crippen LogP contribution in [0.15, 0.2) is 77.7 Å². The number of hydrogen-bond donors (Lipinski definition) is 2. The second kappa shape index (κ2) is 10.5.